The van der Waals surface area contributed by atoms with E-state index in [-0.39, 0.29) is 12.0 Å². The topological polar surface area (TPSA) is 32.8 Å². The lowest BCUT2D eigenvalue weighted by molar-refractivity contribution is 0.0493. The molecular formula is C24H27ClN2O2. The van der Waals surface area contributed by atoms with Crippen molar-refractivity contribution >= 4 is 17.5 Å². The van der Waals surface area contributed by atoms with E-state index in [0.717, 1.165) is 37.7 Å². The molecule has 0 spiro atoms. The monoisotopic (exact) mass is 410 g/mol. The highest BCUT2D eigenvalue weighted by Crippen LogP contribution is 2.31. The standard InChI is InChI=1S/C24H27ClN2O2/c25-23-14-21(29-20-10-12-26(13-11-20)19-6-3-7-19)8-9-22(23)24(28)27-15-17-4-1-2-5-18(17)16-27/h1-2,4-5,8-9,14,19-20H,3,6-7,10-13,15-16H2. The zero-order valence-electron chi connectivity index (χ0n) is 16.6. The molecule has 2 aromatic rings. The fourth-order valence-electron chi connectivity index (χ4n) is 4.69. The molecule has 0 bridgehead atoms. The first kappa shape index (κ1) is 19.0. The molecule has 5 heteroatoms. The maximum absolute atomic E-state index is 13.0. The van der Waals surface area contributed by atoms with E-state index in [1.54, 1.807) is 6.07 Å². The minimum Gasteiger partial charge on any atom is -0.490 e. The Labute approximate surface area is 177 Å². The van der Waals surface area contributed by atoms with Crippen molar-refractivity contribution in [2.45, 2.75) is 57.3 Å². The molecule has 0 N–H and O–H groups in total. The Morgan fingerprint density at radius 2 is 1.66 bits per heavy atom. The summed E-state index contributed by atoms with van der Waals surface area (Å²) < 4.78 is 6.19. The lowest BCUT2D eigenvalue weighted by atomic mass is 9.90. The second-order valence-electron chi connectivity index (χ2n) is 8.51. The quantitative estimate of drug-likeness (QED) is 0.719. The van der Waals surface area contributed by atoms with Crippen LogP contribution in [0, 0.1) is 0 Å². The zero-order valence-corrected chi connectivity index (χ0v) is 17.4. The minimum atomic E-state index is -0.0217. The van der Waals surface area contributed by atoms with Crippen LogP contribution in [0.15, 0.2) is 42.5 Å². The van der Waals surface area contributed by atoms with Crippen LogP contribution >= 0.6 is 11.6 Å². The number of hydrogen-bond donors (Lipinski definition) is 0. The summed E-state index contributed by atoms with van der Waals surface area (Å²) in [6.07, 6.45) is 6.45. The smallest absolute Gasteiger partial charge is 0.255 e. The SMILES string of the molecule is O=C(c1ccc(OC2CCN(C3CCC3)CC2)cc1Cl)N1Cc2ccccc2C1. The predicted octanol–water partition coefficient (Wildman–Crippen LogP) is 4.89. The molecule has 1 saturated heterocycles. The van der Waals surface area contributed by atoms with Crippen LogP contribution in [-0.2, 0) is 13.1 Å². The van der Waals surface area contributed by atoms with Gasteiger partial charge in [0, 0.05) is 32.2 Å². The number of hydrogen-bond acceptors (Lipinski definition) is 3. The van der Waals surface area contributed by atoms with E-state index in [4.69, 9.17) is 16.3 Å². The Balaban J connectivity index is 1.20. The first-order valence-corrected chi connectivity index (χ1v) is 11.1. The zero-order chi connectivity index (χ0) is 19.8. The number of benzene rings is 2. The molecule has 152 valence electrons. The van der Waals surface area contributed by atoms with Crippen LogP contribution < -0.4 is 4.74 Å². The molecule has 2 aromatic carbocycles. The van der Waals surface area contributed by atoms with Crippen molar-refractivity contribution in [3.63, 3.8) is 0 Å². The summed E-state index contributed by atoms with van der Waals surface area (Å²) in [5.41, 5.74) is 2.97. The van der Waals surface area contributed by atoms with Gasteiger partial charge in [0.2, 0.25) is 0 Å². The Hall–Kier alpha value is -2.04. The van der Waals surface area contributed by atoms with Gasteiger partial charge >= 0.3 is 0 Å². The molecule has 3 aliphatic rings. The molecule has 2 fully saturated rings. The van der Waals surface area contributed by atoms with Crippen LogP contribution in [0.1, 0.15) is 53.6 Å². The van der Waals surface area contributed by atoms with Crippen molar-refractivity contribution in [2.75, 3.05) is 13.1 Å². The van der Waals surface area contributed by atoms with Gasteiger partial charge in [-0.25, -0.2) is 0 Å². The van der Waals surface area contributed by atoms with E-state index >= 15 is 0 Å². The molecular weight excluding hydrogens is 384 g/mol. The fourth-order valence-corrected chi connectivity index (χ4v) is 4.94. The third kappa shape index (κ3) is 3.88. The maximum atomic E-state index is 13.0. The average molecular weight is 411 g/mol. The number of carbonyl (C=O) groups excluding carboxylic acids is 1. The lowest BCUT2D eigenvalue weighted by Gasteiger charge is -2.41. The van der Waals surface area contributed by atoms with Crippen LogP contribution in [0.3, 0.4) is 0 Å². The van der Waals surface area contributed by atoms with Crippen molar-refractivity contribution in [1.82, 2.24) is 9.80 Å². The van der Waals surface area contributed by atoms with Gasteiger partial charge in [0.15, 0.2) is 0 Å². The molecule has 4 nitrogen and oxygen atoms in total. The third-order valence-corrected chi connectivity index (χ3v) is 6.98. The van der Waals surface area contributed by atoms with E-state index in [0.29, 0.717) is 23.7 Å². The van der Waals surface area contributed by atoms with Gasteiger partial charge in [0.25, 0.3) is 5.91 Å². The molecule has 0 radical (unpaired) electrons. The van der Waals surface area contributed by atoms with Gasteiger partial charge in [-0.15, -0.1) is 0 Å². The Morgan fingerprint density at radius 1 is 0.966 bits per heavy atom. The summed E-state index contributed by atoms with van der Waals surface area (Å²) in [5.74, 6) is 0.741. The van der Waals surface area contributed by atoms with Gasteiger partial charge < -0.3 is 14.5 Å². The summed E-state index contributed by atoms with van der Waals surface area (Å²) in [7, 11) is 0. The first-order valence-electron chi connectivity index (χ1n) is 10.7. The second-order valence-corrected chi connectivity index (χ2v) is 8.92. The molecule has 29 heavy (non-hydrogen) atoms. The van der Waals surface area contributed by atoms with Crippen LogP contribution in [0.5, 0.6) is 5.75 Å². The summed E-state index contributed by atoms with van der Waals surface area (Å²) >= 11 is 6.49. The highest BCUT2D eigenvalue weighted by Gasteiger charge is 2.30. The number of ether oxygens (including phenoxy) is 1. The number of likely N-dealkylation sites (tertiary alicyclic amines) is 1. The van der Waals surface area contributed by atoms with Crippen LogP contribution in [-0.4, -0.2) is 40.9 Å². The van der Waals surface area contributed by atoms with E-state index in [1.807, 2.05) is 29.2 Å². The van der Waals surface area contributed by atoms with E-state index in [2.05, 4.69) is 17.0 Å². The van der Waals surface area contributed by atoms with Crippen molar-refractivity contribution in [2.24, 2.45) is 0 Å². The molecule has 1 saturated carbocycles. The first-order chi connectivity index (χ1) is 14.2. The maximum Gasteiger partial charge on any atom is 0.255 e. The lowest BCUT2D eigenvalue weighted by Crippen LogP contribution is -2.46. The molecule has 0 unspecified atom stereocenters. The molecule has 2 aliphatic heterocycles. The number of fused-ring (bicyclic) bond motifs is 1. The van der Waals surface area contributed by atoms with Gasteiger partial charge in [0.1, 0.15) is 11.9 Å². The Kier molecular flexibility index (Phi) is 5.23. The van der Waals surface area contributed by atoms with Gasteiger partial charge in [-0.2, -0.15) is 0 Å². The number of halogens is 1. The number of rotatable bonds is 4. The minimum absolute atomic E-state index is 0.0217. The van der Waals surface area contributed by atoms with Crippen LogP contribution in [0.25, 0.3) is 0 Å². The normalized spacial score (nSPS) is 20.4. The summed E-state index contributed by atoms with van der Waals surface area (Å²) in [6, 6.07) is 14.5. The van der Waals surface area contributed by atoms with Gasteiger partial charge in [-0.1, -0.05) is 42.3 Å². The van der Waals surface area contributed by atoms with Crippen LogP contribution in [0.4, 0.5) is 0 Å². The number of amides is 1. The Morgan fingerprint density at radius 3 is 2.24 bits per heavy atom. The van der Waals surface area contributed by atoms with Crippen molar-refractivity contribution < 1.29 is 9.53 Å². The Bertz CT molecular complexity index is 879. The highest BCUT2D eigenvalue weighted by atomic mass is 35.5. The number of nitrogens with zero attached hydrogens (tertiary/aromatic N) is 2. The van der Waals surface area contributed by atoms with Crippen molar-refractivity contribution in [3.05, 3.63) is 64.2 Å². The average Bonchev–Trinajstić information content (AvgIpc) is 3.12. The van der Waals surface area contributed by atoms with E-state index in [1.165, 1.54) is 30.4 Å². The third-order valence-electron chi connectivity index (χ3n) is 6.67. The van der Waals surface area contributed by atoms with E-state index < -0.39 is 0 Å². The number of carbonyl (C=O) groups is 1. The predicted molar refractivity (Wildman–Crippen MR) is 114 cm³/mol. The van der Waals surface area contributed by atoms with Gasteiger partial charge in [-0.3, -0.25) is 4.79 Å². The molecule has 1 amide bonds. The van der Waals surface area contributed by atoms with Crippen LogP contribution in [0.2, 0.25) is 5.02 Å². The molecule has 2 heterocycles. The molecule has 1 aliphatic carbocycles. The van der Waals surface area contributed by atoms with Gasteiger partial charge in [-0.05, 0) is 55.0 Å². The second kappa shape index (κ2) is 8.00. The molecule has 0 atom stereocenters. The van der Waals surface area contributed by atoms with Gasteiger partial charge in [0.05, 0.1) is 10.6 Å². The molecule has 0 aromatic heterocycles. The van der Waals surface area contributed by atoms with Crippen molar-refractivity contribution in [3.8, 4) is 5.75 Å². The van der Waals surface area contributed by atoms with Crippen molar-refractivity contribution in [1.29, 1.82) is 0 Å². The largest absolute Gasteiger partial charge is 0.490 e. The highest BCUT2D eigenvalue weighted by molar-refractivity contribution is 6.34. The summed E-state index contributed by atoms with van der Waals surface area (Å²) in [4.78, 5) is 17.4. The summed E-state index contributed by atoms with van der Waals surface area (Å²) in [5, 5.41) is 0.468. The number of piperidine rings is 1. The molecule has 5 rings (SSSR count). The van der Waals surface area contributed by atoms with E-state index in [9.17, 15) is 4.79 Å². The fraction of sp³-hybridized carbons (Fsp3) is 0.458. The summed E-state index contributed by atoms with van der Waals surface area (Å²) in [6.45, 7) is 3.52.